The van der Waals surface area contributed by atoms with Gasteiger partial charge in [0.2, 0.25) is 10.0 Å². The van der Waals surface area contributed by atoms with Crippen LogP contribution in [0, 0.1) is 5.92 Å². The lowest BCUT2D eigenvalue weighted by Gasteiger charge is -2.20. The molecule has 0 spiro atoms. The molecule has 0 fully saturated rings. The summed E-state index contributed by atoms with van der Waals surface area (Å²) in [6.45, 7) is 0. The van der Waals surface area contributed by atoms with Crippen LogP contribution in [0.4, 0.5) is 0 Å². The molecule has 3 N–H and O–H groups in total. The van der Waals surface area contributed by atoms with Crippen molar-refractivity contribution in [3.63, 3.8) is 0 Å². The van der Waals surface area contributed by atoms with E-state index in [4.69, 9.17) is 24.6 Å². The van der Waals surface area contributed by atoms with Crippen molar-refractivity contribution in [2.45, 2.75) is 17.0 Å². The molecule has 1 aliphatic rings. The summed E-state index contributed by atoms with van der Waals surface area (Å²) >= 11 is 6.58. The molecule has 1 heterocycles. The van der Waals surface area contributed by atoms with Crippen LogP contribution < -0.4 is 5.14 Å². The molecular formula is C6H9BClNO3S2. The van der Waals surface area contributed by atoms with Crippen LogP contribution in [0.25, 0.3) is 0 Å². The number of halogens is 1. The molecule has 2 radical (unpaired) electrons. The standard InChI is InChI=1S/C6H9BClNO3S2/c7-2-4(10)3-1-5(8)13-6(3)14(9,11)12/h1,3-4,6,10H,2H2,(H2,9,11,12)/t3?,4-,6?/m1/s1. The van der Waals surface area contributed by atoms with Gasteiger partial charge in [-0.1, -0.05) is 35.8 Å². The summed E-state index contributed by atoms with van der Waals surface area (Å²) in [5.74, 6) is -0.632. The fourth-order valence-corrected chi connectivity index (χ4v) is 4.21. The van der Waals surface area contributed by atoms with Crippen molar-refractivity contribution in [3.05, 3.63) is 10.4 Å². The van der Waals surface area contributed by atoms with E-state index < -0.39 is 26.6 Å². The Bertz CT molecular complexity index is 345. The smallest absolute Gasteiger partial charge is 0.222 e. The van der Waals surface area contributed by atoms with Gasteiger partial charge in [0, 0.05) is 5.92 Å². The number of aliphatic hydroxyl groups is 1. The van der Waals surface area contributed by atoms with Crippen LogP contribution in [0.2, 0.25) is 6.32 Å². The number of primary sulfonamides is 1. The van der Waals surface area contributed by atoms with Gasteiger partial charge in [-0.3, -0.25) is 0 Å². The number of nitrogens with two attached hydrogens (primary N) is 1. The molecule has 1 aliphatic heterocycles. The van der Waals surface area contributed by atoms with Crippen LogP contribution in [0.3, 0.4) is 0 Å². The maximum Gasteiger partial charge on any atom is 0.222 e. The fraction of sp³-hybridized carbons (Fsp3) is 0.667. The third kappa shape index (κ3) is 2.67. The number of rotatable bonds is 3. The van der Waals surface area contributed by atoms with Crippen LogP contribution in [-0.2, 0) is 10.0 Å². The molecule has 0 amide bonds. The summed E-state index contributed by atoms with van der Waals surface area (Å²) in [5, 5.41) is 14.4. The van der Waals surface area contributed by atoms with Crippen LogP contribution in [-0.4, -0.2) is 32.1 Å². The van der Waals surface area contributed by atoms with Gasteiger partial charge < -0.3 is 5.11 Å². The third-order valence-corrected chi connectivity index (χ3v) is 5.23. The summed E-state index contributed by atoms with van der Waals surface area (Å²) in [7, 11) is 1.51. The highest BCUT2D eigenvalue weighted by atomic mass is 35.5. The lowest BCUT2D eigenvalue weighted by molar-refractivity contribution is 0.156. The molecule has 0 aromatic carbocycles. The van der Waals surface area contributed by atoms with Crippen molar-refractivity contribution >= 4 is 41.2 Å². The zero-order chi connectivity index (χ0) is 10.9. The monoisotopic (exact) mass is 253 g/mol. The maximum atomic E-state index is 11.1. The number of sulfonamides is 1. The van der Waals surface area contributed by atoms with Crippen molar-refractivity contribution in [1.29, 1.82) is 0 Å². The Morgan fingerprint density at radius 1 is 1.79 bits per heavy atom. The molecule has 0 saturated carbocycles. The van der Waals surface area contributed by atoms with Gasteiger partial charge in [-0.25, -0.2) is 13.6 Å². The van der Waals surface area contributed by atoms with E-state index in [0.717, 1.165) is 11.8 Å². The van der Waals surface area contributed by atoms with Gasteiger partial charge >= 0.3 is 0 Å². The molecule has 0 bridgehead atoms. The third-order valence-electron chi connectivity index (χ3n) is 1.88. The van der Waals surface area contributed by atoms with Crippen molar-refractivity contribution in [1.82, 2.24) is 0 Å². The summed E-state index contributed by atoms with van der Waals surface area (Å²) in [5.41, 5.74) is 0. The van der Waals surface area contributed by atoms with Gasteiger partial charge in [0.15, 0.2) is 0 Å². The van der Waals surface area contributed by atoms with Crippen LogP contribution in [0.1, 0.15) is 0 Å². The second kappa shape index (κ2) is 4.44. The Kier molecular flexibility index (Phi) is 3.93. The van der Waals surface area contributed by atoms with E-state index in [1.807, 2.05) is 0 Å². The van der Waals surface area contributed by atoms with Gasteiger partial charge in [0.05, 0.1) is 18.3 Å². The number of aliphatic hydroxyl groups excluding tert-OH is 1. The molecule has 0 saturated heterocycles. The first-order valence-corrected chi connectivity index (χ1v) is 6.66. The van der Waals surface area contributed by atoms with E-state index >= 15 is 0 Å². The molecule has 78 valence electrons. The number of hydrogen-bond donors (Lipinski definition) is 2. The highest BCUT2D eigenvalue weighted by molar-refractivity contribution is 8.16. The summed E-state index contributed by atoms with van der Waals surface area (Å²) < 4.78 is 21.6. The molecule has 2 unspecified atom stereocenters. The zero-order valence-electron chi connectivity index (χ0n) is 7.13. The minimum atomic E-state index is -3.73. The second-order valence-corrected chi connectivity index (χ2v) is 6.73. The SMILES string of the molecule is [B]C[C@@H](O)C1C=C(Cl)SC1S(N)(=O)=O. The van der Waals surface area contributed by atoms with E-state index in [0.29, 0.717) is 4.36 Å². The van der Waals surface area contributed by atoms with E-state index in [-0.39, 0.29) is 6.32 Å². The minimum Gasteiger partial charge on any atom is -0.393 e. The van der Waals surface area contributed by atoms with E-state index in [2.05, 4.69) is 0 Å². The van der Waals surface area contributed by atoms with Crippen LogP contribution >= 0.6 is 23.4 Å². The van der Waals surface area contributed by atoms with Crippen LogP contribution in [0.15, 0.2) is 10.4 Å². The highest BCUT2D eigenvalue weighted by Gasteiger charge is 2.39. The summed E-state index contributed by atoms with van der Waals surface area (Å²) in [6.07, 6.45) is 0.499. The molecule has 0 aromatic rings. The lowest BCUT2D eigenvalue weighted by atomic mass is 9.91. The van der Waals surface area contributed by atoms with Gasteiger partial charge in [0.25, 0.3) is 0 Å². The average molecular weight is 254 g/mol. The topological polar surface area (TPSA) is 80.4 Å². The van der Waals surface area contributed by atoms with E-state index in [9.17, 15) is 13.5 Å². The van der Waals surface area contributed by atoms with E-state index in [1.54, 1.807) is 0 Å². The van der Waals surface area contributed by atoms with Gasteiger partial charge in [-0.15, -0.1) is 0 Å². The van der Waals surface area contributed by atoms with Gasteiger partial charge in [-0.05, 0) is 0 Å². The Hall–Kier alpha value is 0.315. The summed E-state index contributed by atoms with van der Waals surface area (Å²) in [4.78, 5) is 0. The predicted octanol–water partition coefficient (Wildman–Crippen LogP) is -0.00810. The first-order valence-electron chi connectivity index (χ1n) is 3.80. The predicted molar refractivity (Wildman–Crippen MR) is 58.5 cm³/mol. The molecule has 0 aromatic heterocycles. The van der Waals surface area contributed by atoms with Crippen molar-refractivity contribution < 1.29 is 13.5 Å². The summed E-state index contributed by atoms with van der Waals surface area (Å²) in [6, 6.07) is 0. The van der Waals surface area contributed by atoms with Gasteiger partial charge in [0.1, 0.15) is 4.58 Å². The quantitative estimate of drug-likeness (QED) is 0.694. The first-order chi connectivity index (χ1) is 6.36. The van der Waals surface area contributed by atoms with E-state index in [1.165, 1.54) is 6.08 Å². The highest BCUT2D eigenvalue weighted by Crippen LogP contribution is 2.42. The van der Waals surface area contributed by atoms with Crippen molar-refractivity contribution in [3.8, 4) is 0 Å². The minimum absolute atomic E-state index is 0.0298. The molecule has 3 atom stereocenters. The molecule has 8 heteroatoms. The van der Waals surface area contributed by atoms with Crippen molar-refractivity contribution in [2.24, 2.45) is 11.1 Å². The average Bonchev–Trinajstić information content (AvgIpc) is 2.45. The normalized spacial score (nSPS) is 30.1. The molecular weight excluding hydrogens is 244 g/mol. The van der Waals surface area contributed by atoms with Gasteiger partial charge in [-0.2, -0.15) is 0 Å². The number of thioether (sulfide) groups is 1. The molecule has 0 aliphatic carbocycles. The maximum absolute atomic E-state index is 11.1. The molecule has 4 nitrogen and oxygen atoms in total. The van der Waals surface area contributed by atoms with Crippen LogP contribution in [0.5, 0.6) is 0 Å². The fourth-order valence-electron chi connectivity index (χ4n) is 1.19. The first kappa shape index (κ1) is 12.4. The number of hydrogen-bond acceptors (Lipinski definition) is 4. The Morgan fingerprint density at radius 2 is 2.36 bits per heavy atom. The second-order valence-electron chi connectivity index (χ2n) is 2.93. The lowest BCUT2D eigenvalue weighted by Crippen LogP contribution is -2.35. The Labute approximate surface area is 93.3 Å². The van der Waals surface area contributed by atoms with Crippen molar-refractivity contribution in [2.75, 3.05) is 0 Å². The zero-order valence-corrected chi connectivity index (χ0v) is 9.52. The Balaban J connectivity index is 2.91. The molecule has 1 rings (SSSR count). The molecule has 14 heavy (non-hydrogen) atoms. The Morgan fingerprint density at radius 3 is 2.79 bits per heavy atom. The largest absolute Gasteiger partial charge is 0.393 e.